The summed E-state index contributed by atoms with van der Waals surface area (Å²) >= 11 is 0. The van der Waals surface area contributed by atoms with Crippen LogP contribution in [0.15, 0.2) is 30.3 Å². The number of carboxylic acid groups (broad SMARTS) is 1. The Bertz CT molecular complexity index is 326. The second-order valence-corrected chi connectivity index (χ2v) is 3.50. The van der Waals surface area contributed by atoms with Crippen molar-refractivity contribution in [1.82, 2.24) is 4.90 Å². The molecule has 1 aromatic rings. The lowest BCUT2D eigenvalue weighted by atomic mass is 10.1. The van der Waals surface area contributed by atoms with E-state index >= 15 is 0 Å². The van der Waals surface area contributed by atoms with Crippen molar-refractivity contribution in [3.05, 3.63) is 35.9 Å². The van der Waals surface area contributed by atoms with E-state index in [2.05, 4.69) is 0 Å². The van der Waals surface area contributed by atoms with Crippen LogP contribution >= 0.6 is 0 Å². The molecule has 0 aromatic heterocycles. The third-order valence-electron chi connectivity index (χ3n) is 2.51. The zero-order valence-corrected chi connectivity index (χ0v) is 9.34. The first-order valence-electron chi connectivity index (χ1n) is 5.33. The van der Waals surface area contributed by atoms with Crippen LogP contribution in [0.4, 0.5) is 0 Å². The fourth-order valence-electron chi connectivity index (χ4n) is 1.74. The molecule has 0 saturated heterocycles. The van der Waals surface area contributed by atoms with Gasteiger partial charge in [-0.25, -0.2) is 0 Å². The second kappa shape index (κ2) is 6.25. The largest absolute Gasteiger partial charge is 0.480 e. The smallest absolute Gasteiger partial charge is 0.325 e. The third-order valence-corrected chi connectivity index (χ3v) is 2.51. The molecule has 0 unspecified atom stereocenters. The van der Waals surface area contributed by atoms with Gasteiger partial charge in [-0.3, -0.25) is 9.69 Å². The number of nitrogens with zero attached hydrogens (tertiary/aromatic N) is 1. The van der Waals surface area contributed by atoms with Crippen molar-refractivity contribution in [3.63, 3.8) is 0 Å². The van der Waals surface area contributed by atoms with E-state index in [4.69, 9.17) is 5.11 Å². The van der Waals surface area contributed by atoms with Crippen LogP contribution in [0.3, 0.4) is 0 Å². The minimum Gasteiger partial charge on any atom is -0.480 e. The third kappa shape index (κ3) is 3.05. The molecule has 0 radical (unpaired) electrons. The number of rotatable bonds is 6. The number of carboxylic acids is 1. The Morgan fingerprint density at radius 1 is 1.38 bits per heavy atom. The van der Waals surface area contributed by atoms with Crippen molar-refractivity contribution in [2.24, 2.45) is 0 Å². The summed E-state index contributed by atoms with van der Waals surface area (Å²) in [6.45, 7) is 2.80. The van der Waals surface area contributed by atoms with Gasteiger partial charge in [0.25, 0.3) is 0 Å². The van der Waals surface area contributed by atoms with E-state index in [0.29, 0.717) is 13.1 Å². The molecule has 1 aromatic carbocycles. The number of hydrogen-bond donors (Lipinski definition) is 2. The lowest BCUT2D eigenvalue weighted by Crippen LogP contribution is -2.36. The predicted molar refractivity (Wildman–Crippen MR) is 61.2 cm³/mol. The summed E-state index contributed by atoms with van der Waals surface area (Å²) < 4.78 is 0. The Hall–Kier alpha value is -1.39. The lowest BCUT2D eigenvalue weighted by molar-refractivity contribution is -0.143. The Labute approximate surface area is 95.1 Å². The summed E-state index contributed by atoms with van der Waals surface area (Å²) in [7, 11) is 0. The van der Waals surface area contributed by atoms with E-state index in [0.717, 1.165) is 5.56 Å². The first-order chi connectivity index (χ1) is 7.70. The number of aliphatic hydroxyl groups is 1. The van der Waals surface area contributed by atoms with Gasteiger partial charge in [-0.15, -0.1) is 0 Å². The lowest BCUT2D eigenvalue weighted by Gasteiger charge is -2.27. The van der Waals surface area contributed by atoms with E-state index in [9.17, 15) is 9.90 Å². The summed E-state index contributed by atoms with van der Waals surface area (Å²) in [6.07, 6.45) is 0. The minimum absolute atomic E-state index is 0.0372. The first-order valence-corrected chi connectivity index (χ1v) is 5.33. The van der Waals surface area contributed by atoms with E-state index in [1.807, 2.05) is 25.1 Å². The molecule has 0 aliphatic heterocycles. The van der Waals surface area contributed by atoms with Crippen LogP contribution in [0, 0.1) is 0 Å². The van der Waals surface area contributed by atoms with Gasteiger partial charge in [-0.1, -0.05) is 37.3 Å². The van der Waals surface area contributed by atoms with Crippen LogP contribution in [-0.2, 0) is 4.79 Å². The minimum atomic E-state index is -0.887. The van der Waals surface area contributed by atoms with E-state index in [1.165, 1.54) is 0 Å². The second-order valence-electron chi connectivity index (χ2n) is 3.50. The van der Waals surface area contributed by atoms with Crippen molar-refractivity contribution in [1.29, 1.82) is 0 Å². The maximum absolute atomic E-state index is 11.3. The fraction of sp³-hybridized carbons (Fsp3) is 0.417. The summed E-state index contributed by atoms with van der Waals surface area (Å²) in [5.74, 6) is -0.887. The maximum atomic E-state index is 11.3. The van der Waals surface area contributed by atoms with Gasteiger partial charge in [0.15, 0.2) is 0 Å². The number of aliphatic carboxylic acids is 1. The standard InChI is InChI=1S/C12H17NO3/c1-2-13(8-9-14)11(12(15)16)10-6-4-3-5-7-10/h3-7,11,14H,2,8-9H2,1H3,(H,15,16)/t11-/m0/s1. The van der Waals surface area contributed by atoms with Gasteiger partial charge >= 0.3 is 5.97 Å². The van der Waals surface area contributed by atoms with Crippen LogP contribution in [0.5, 0.6) is 0 Å². The van der Waals surface area contributed by atoms with Crippen molar-refractivity contribution in [2.45, 2.75) is 13.0 Å². The number of aliphatic hydroxyl groups excluding tert-OH is 1. The molecule has 4 heteroatoms. The Balaban J connectivity index is 2.94. The van der Waals surface area contributed by atoms with Gasteiger partial charge in [-0.05, 0) is 12.1 Å². The molecule has 0 amide bonds. The van der Waals surface area contributed by atoms with Crippen LogP contribution in [0.1, 0.15) is 18.5 Å². The molecular formula is C12H17NO3. The molecule has 88 valence electrons. The van der Waals surface area contributed by atoms with Crippen LogP contribution in [0.2, 0.25) is 0 Å². The van der Waals surface area contributed by atoms with Gasteiger partial charge in [0.05, 0.1) is 6.61 Å². The number of likely N-dealkylation sites (N-methyl/N-ethyl adjacent to an activating group) is 1. The molecule has 1 atom stereocenters. The Kier molecular flexibility index (Phi) is 4.95. The highest BCUT2D eigenvalue weighted by Gasteiger charge is 2.25. The number of benzene rings is 1. The zero-order valence-electron chi connectivity index (χ0n) is 9.34. The highest BCUT2D eigenvalue weighted by molar-refractivity contribution is 5.75. The summed E-state index contributed by atoms with van der Waals surface area (Å²) in [4.78, 5) is 13.0. The molecule has 2 N–H and O–H groups in total. The first kappa shape index (κ1) is 12.7. The molecule has 0 aliphatic rings. The number of carbonyl (C=O) groups is 1. The normalized spacial score (nSPS) is 12.7. The monoisotopic (exact) mass is 223 g/mol. The SMILES string of the molecule is CCN(CCO)[C@H](C(=O)O)c1ccccc1. The molecule has 16 heavy (non-hydrogen) atoms. The Morgan fingerprint density at radius 3 is 2.44 bits per heavy atom. The molecule has 0 aliphatic carbocycles. The highest BCUT2D eigenvalue weighted by atomic mass is 16.4. The van der Waals surface area contributed by atoms with Crippen molar-refractivity contribution in [2.75, 3.05) is 19.7 Å². The average molecular weight is 223 g/mol. The molecule has 4 nitrogen and oxygen atoms in total. The van der Waals surface area contributed by atoms with Crippen LogP contribution in [0.25, 0.3) is 0 Å². The Morgan fingerprint density at radius 2 is 2.00 bits per heavy atom. The van der Waals surface area contributed by atoms with Gasteiger partial charge in [0.2, 0.25) is 0 Å². The summed E-state index contributed by atoms with van der Waals surface area (Å²) in [5, 5.41) is 18.1. The van der Waals surface area contributed by atoms with Crippen molar-refractivity contribution < 1.29 is 15.0 Å². The molecule has 0 bridgehead atoms. The molecule has 0 saturated carbocycles. The summed E-state index contributed by atoms with van der Waals surface area (Å²) in [5.41, 5.74) is 0.741. The van der Waals surface area contributed by atoms with Crippen LogP contribution < -0.4 is 0 Å². The molecule has 0 heterocycles. The molecular weight excluding hydrogens is 206 g/mol. The maximum Gasteiger partial charge on any atom is 0.325 e. The quantitative estimate of drug-likeness (QED) is 0.759. The highest BCUT2D eigenvalue weighted by Crippen LogP contribution is 2.20. The van der Waals surface area contributed by atoms with Gasteiger partial charge < -0.3 is 10.2 Å². The van der Waals surface area contributed by atoms with E-state index in [-0.39, 0.29) is 6.61 Å². The van der Waals surface area contributed by atoms with Gasteiger partial charge in [0, 0.05) is 6.54 Å². The topological polar surface area (TPSA) is 60.8 Å². The molecule has 0 fully saturated rings. The molecule has 1 rings (SSSR count). The van der Waals surface area contributed by atoms with E-state index in [1.54, 1.807) is 17.0 Å². The predicted octanol–water partition coefficient (Wildman–Crippen LogP) is 1.13. The average Bonchev–Trinajstić information content (AvgIpc) is 2.29. The van der Waals surface area contributed by atoms with E-state index < -0.39 is 12.0 Å². The van der Waals surface area contributed by atoms with Crippen LogP contribution in [-0.4, -0.2) is 40.8 Å². The zero-order chi connectivity index (χ0) is 12.0. The molecule has 0 spiro atoms. The fourth-order valence-corrected chi connectivity index (χ4v) is 1.74. The van der Waals surface area contributed by atoms with Crippen molar-refractivity contribution >= 4 is 5.97 Å². The summed E-state index contributed by atoms with van der Waals surface area (Å²) in [6, 6.07) is 8.39. The van der Waals surface area contributed by atoms with Gasteiger partial charge in [-0.2, -0.15) is 0 Å². The number of hydrogen-bond acceptors (Lipinski definition) is 3. The van der Waals surface area contributed by atoms with Gasteiger partial charge in [0.1, 0.15) is 6.04 Å². The van der Waals surface area contributed by atoms with Crippen molar-refractivity contribution in [3.8, 4) is 0 Å².